The van der Waals surface area contributed by atoms with Gasteiger partial charge in [0.15, 0.2) is 6.61 Å². The Kier molecular flexibility index (Phi) is 6.75. The molecule has 0 spiro atoms. The summed E-state index contributed by atoms with van der Waals surface area (Å²) in [6, 6.07) is 15.5. The predicted molar refractivity (Wildman–Crippen MR) is 118 cm³/mol. The van der Waals surface area contributed by atoms with Crippen LogP contribution in [0.4, 0.5) is 0 Å². The van der Waals surface area contributed by atoms with Crippen LogP contribution in [0.1, 0.15) is 22.1 Å². The van der Waals surface area contributed by atoms with Crippen molar-refractivity contribution in [2.75, 3.05) is 13.2 Å². The molecular formula is C23H25NO7S. The molecule has 6 N–H and O–H groups in total. The highest BCUT2D eigenvalue weighted by Crippen LogP contribution is 2.38. The molecule has 1 amide bonds. The lowest BCUT2D eigenvalue weighted by Crippen LogP contribution is -2.55. The molecule has 170 valence electrons. The maximum Gasteiger partial charge on any atom is 0.255 e. The molecule has 4 rings (SSSR count). The van der Waals surface area contributed by atoms with Crippen molar-refractivity contribution in [1.29, 1.82) is 0 Å². The van der Waals surface area contributed by atoms with Gasteiger partial charge in [0, 0.05) is 21.6 Å². The molecule has 1 aliphatic heterocycles. The Morgan fingerprint density at radius 3 is 2.56 bits per heavy atom. The van der Waals surface area contributed by atoms with Gasteiger partial charge in [0.25, 0.3) is 5.91 Å². The molecule has 5 atom stereocenters. The van der Waals surface area contributed by atoms with Crippen LogP contribution >= 0.6 is 11.3 Å². The molecule has 1 saturated heterocycles. The Morgan fingerprint density at radius 1 is 1.06 bits per heavy atom. The molecule has 2 heterocycles. The molecule has 0 bridgehead atoms. The Morgan fingerprint density at radius 2 is 1.84 bits per heavy atom. The minimum Gasteiger partial charge on any atom is -0.483 e. The van der Waals surface area contributed by atoms with E-state index in [2.05, 4.69) is 18.2 Å². The largest absolute Gasteiger partial charge is 0.483 e. The summed E-state index contributed by atoms with van der Waals surface area (Å²) < 4.78 is 12.4. The second-order valence-electron chi connectivity index (χ2n) is 7.80. The monoisotopic (exact) mass is 459 g/mol. The minimum absolute atomic E-state index is 0.258. The number of aliphatic hydroxyl groups excluding tert-OH is 4. The van der Waals surface area contributed by atoms with E-state index in [1.54, 1.807) is 23.5 Å². The van der Waals surface area contributed by atoms with Gasteiger partial charge < -0.3 is 35.6 Å². The Balaban J connectivity index is 1.68. The van der Waals surface area contributed by atoms with Crippen molar-refractivity contribution in [3.05, 3.63) is 64.5 Å². The van der Waals surface area contributed by atoms with E-state index in [0.29, 0.717) is 12.0 Å². The van der Waals surface area contributed by atoms with E-state index in [4.69, 9.17) is 15.2 Å². The first kappa shape index (κ1) is 22.7. The zero-order valence-electron chi connectivity index (χ0n) is 17.1. The number of benzene rings is 2. The van der Waals surface area contributed by atoms with E-state index in [0.717, 1.165) is 15.8 Å². The standard InChI is InChI=1S/C23H25NO7S/c24-19(26)11-30-16-6-5-12(7-14-9-13-3-1-2-4-18(13)32-14)8-15(16)23-22(29)21(28)20(27)17(10-25)31-23/h1-6,8-9,17,20-23,25,27-29H,7,10-11H2,(H2,24,26)/t17-,20-,21+,22-,23+/m1/s1. The van der Waals surface area contributed by atoms with E-state index in [9.17, 15) is 25.2 Å². The summed E-state index contributed by atoms with van der Waals surface area (Å²) >= 11 is 1.68. The van der Waals surface area contributed by atoms with Gasteiger partial charge in [0.2, 0.25) is 0 Å². The molecule has 3 aromatic rings. The second-order valence-corrected chi connectivity index (χ2v) is 8.97. The molecule has 8 nitrogen and oxygen atoms in total. The topological polar surface area (TPSA) is 142 Å². The van der Waals surface area contributed by atoms with Crippen LogP contribution < -0.4 is 10.5 Å². The number of fused-ring (bicyclic) bond motifs is 1. The van der Waals surface area contributed by atoms with Crippen LogP contribution in [0.25, 0.3) is 10.1 Å². The first-order chi connectivity index (χ1) is 15.4. The molecule has 0 aliphatic carbocycles. The third kappa shape index (κ3) is 4.63. The predicted octanol–water partition coefficient (Wildman–Crippen LogP) is 0.871. The normalized spacial score (nSPS) is 25.7. The van der Waals surface area contributed by atoms with Crippen molar-refractivity contribution in [3.63, 3.8) is 0 Å². The summed E-state index contributed by atoms with van der Waals surface area (Å²) in [5, 5.41) is 41.6. The van der Waals surface area contributed by atoms with Crippen LogP contribution in [0.5, 0.6) is 5.75 Å². The third-order valence-corrected chi connectivity index (χ3v) is 6.61. The van der Waals surface area contributed by atoms with E-state index in [1.165, 1.54) is 4.70 Å². The number of rotatable bonds is 7. The molecule has 0 unspecified atom stereocenters. The van der Waals surface area contributed by atoms with Crippen molar-refractivity contribution >= 4 is 27.3 Å². The van der Waals surface area contributed by atoms with Crippen molar-refractivity contribution in [2.45, 2.75) is 36.9 Å². The van der Waals surface area contributed by atoms with Crippen LogP contribution in [0.3, 0.4) is 0 Å². The maximum absolute atomic E-state index is 11.2. The maximum atomic E-state index is 11.2. The fourth-order valence-corrected chi connectivity index (χ4v) is 4.99. The summed E-state index contributed by atoms with van der Waals surface area (Å²) in [5.74, 6) is -0.410. The van der Waals surface area contributed by atoms with Gasteiger partial charge in [-0.3, -0.25) is 4.79 Å². The van der Waals surface area contributed by atoms with Gasteiger partial charge in [0.1, 0.15) is 36.3 Å². The molecule has 0 saturated carbocycles. The number of primary amides is 1. The van der Waals surface area contributed by atoms with Gasteiger partial charge in [-0.15, -0.1) is 11.3 Å². The first-order valence-electron chi connectivity index (χ1n) is 10.2. The second kappa shape index (κ2) is 9.53. The van der Waals surface area contributed by atoms with Gasteiger partial charge in [-0.1, -0.05) is 24.3 Å². The van der Waals surface area contributed by atoms with Crippen molar-refractivity contribution in [3.8, 4) is 5.75 Å². The van der Waals surface area contributed by atoms with E-state index in [-0.39, 0.29) is 12.4 Å². The Bertz CT molecular complexity index is 1070. The zero-order valence-corrected chi connectivity index (χ0v) is 17.9. The molecular weight excluding hydrogens is 434 g/mol. The molecule has 32 heavy (non-hydrogen) atoms. The number of aliphatic hydroxyl groups is 4. The Hall–Kier alpha value is -2.53. The minimum atomic E-state index is -1.53. The van der Waals surface area contributed by atoms with Crippen molar-refractivity contribution in [1.82, 2.24) is 0 Å². The van der Waals surface area contributed by atoms with Gasteiger partial charge >= 0.3 is 0 Å². The van der Waals surface area contributed by atoms with Crippen LogP contribution in [0.15, 0.2) is 48.5 Å². The smallest absolute Gasteiger partial charge is 0.255 e. The average Bonchev–Trinajstić information content (AvgIpc) is 3.19. The summed E-state index contributed by atoms with van der Waals surface area (Å²) in [6.45, 7) is -0.916. The van der Waals surface area contributed by atoms with Gasteiger partial charge in [0.05, 0.1) is 6.61 Å². The Labute approximate surface area is 188 Å². The number of carbonyl (C=O) groups is 1. The highest BCUT2D eigenvalue weighted by atomic mass is 32.1. The number of hydrogen-bond acceptors (Lipinski definition) is 8. The van der Waals surface area contributed by atoms with Crippen LogP contribution in [0, 0.1) is 0 Å². The molecule has 0 radical (unpaired) electrons. The van der Waals surface area contributed by atoms with E-state index in [1.807, 2.05) is 18.2 Å². The van der Waals surface area contributed by atoms with Gasteiger partial charge in [-0.05, 0) is 35.2 Å². The third-order valence-electron chi connectivity index (χ3n) is 5.50. The summed E-state index contributed by atoms with van der Waals surface area (Å²) in [7, 11) is 0. The number of thiophene rings is 1. The molecule has 1 fully saturated rings. The molecule has 1 aromatic heterocycles. The fourth-order valence-electron chi connectivity index (χ4n) is 3.89. The van der Waals surface area contributed by atoms with Gasteiger partial charge in [-0.25, -0.2) is 0 Å². The average molecular weight is 460 g/mol. The molecule has 2 aromatic carbocycles. The summed E-state index contributed by atoms with van der Waals surface area (Å²) in [6.07, 6.45) is -6.00. The van der Waals surface area contributed by atoms with Crippen LogP contribution in [-0.2, 0) is 16.0 Å². The quantitative estimate of drug-likeness (QED) is 0.353. The summed E-state index contributed by atoms with van der Waals surface area (Å²) in [5.41, 5.74) is 6.49. The van der Waals surface area contributed by atoms with Crippen molar-refractivity contribution < 1.29 is 34.7 Å². The number of carbonyl (C=O) groups excluding carboxylic acids is 1. The van der Waals surface area contributed by atoms with E-state index >= 15 is 0 Å². The van der Waals surface area contributed by atoms with Crippen LogP contribution in [0.2, 0.25) is 0 Å². The number of nitrogens with two attached hydrogens (primary N) is 1. The first-order valence-corrected chi connectivity index (χ1v) is 11.0. The van der Waals surface area contributed by atoms with E-state index < -0.39 is 43.0 Å². The lowest BCUT2D eigenvalue weighted by molar-refractivity contribution is -0.232. The number of ether oxygens (including phenoxy) is 2. The van der Waals surface area contributed by atoms with Gasteiger partial charge in [-0.2, -0.15) is 0 Å². The highest BCUT2D eigenvalue weighted by molar-refractivity contribution is 7.19. The lowest BCUT2D eigenvalue weighted by Gasteiger charge is -2.40. The number of hydrogen-bond donors (Lipinski definition) is 5. The highest BCUT2D eigenvalue weighted by Gasteiger charge is 2.44. The SMILES string of the molecule is NC(=O)COc1ccc(Cc2cc3ccccc3s2)cc1[C@@H]1O[C@H](CO)[C@@H](O)[C@H](O)[C@H]1O. The number of amides is 1. The van der Waals surface area contributed by atoms with Crippen LogP contribution in [-0.4, -0.2) is 64.0 Å². The lowest BCUT2D eigenvalue weighted by atomic mass is 9.90. The molecule has 9 heteroatoms. The fraction of sp³-hybridized carbons (Fsp3) is 0.348. The molecule has 1 aliphatic rings. The summed E-state index contributed by atoms with van der Waals surface area (Å²) in [4.78, 5) is 12.4. The van der Waals surface area contributed by atoms with Crippen molar-refractivity contribution in [2.24, 2.45) is 5.73 Å². The zero-order chi connectivity index (χ0) is 22.8.